The van der Waals surface area contributed by atoms with Crippen LogP contribution in [0, 0.1) is 17.7 Å². The molecule has 4 rings (SSSR count). The SMILES string of the molecule is O=C1N[C@@H]2CCCC[C@H]2C1CCCN1CCN(Cc2ccc(F)cc2)CC1. The minimum absolute atomic E-state index is 0.168. The van der Waals surface area contributed by atoms with Gasteiger partial charge in [0.05, 0.1) is 0 Å². The van der Waals surface area contributed by atoms with Gasteiger partial charge in [0, 0.05) is 44.7 Å². The standard InChI is InChI=1S/C22H32FN3O/c23-18-9-7-17(8-10-18)16-26-14-12-25(13-15-26)11-3-5-20-19-4-1-2-6-21(19)24-22(20)27/h7-10,19-21H,1-6,11-16H2,(H,24,27)/t19-,20?,21+/m0/s1. The van der Waals surface area contributed by atoms with Crippen LogP contribution in [0.5, 0.6) is 0 Å². The molecule has 0 bridgehead atoms. The second-order valence-electron chi connectivity index (χ2n) is 8.56. The summed E-state index contributed by atoms with van der Waals surface area (Å²) in [5.41, 5.74) is 1.18. The fourth-order valence-corrected chi connectivity index (χ4v) is 5.20. The molecular weight excluding hydrogens is 341 g/mol. The van der Waals surface area contributed by atoms with Gasteiger partial charge >= 0.3 is 0 Å². The normalized spacial score (nSPS) is 29.5. The molecule has 3 fully saturated rings. The molecule has 27 heavy (non-hydrogen) atoms. The first-order valence-electron chi connectivity index (χ1n) is 10.7. The topological polar surface area (TPSA) is 35.6 Å². The van der Waals surface area contributed by atoms with Gasteiger partial charge in [0.1, 0.15) is 5.82 Å². The van der Waals surface area contributed by atoms with Crippen molar-refractivity contribution < 1.29 is 9.18 Å². The first-order chi connectivity index (χ1) is 13.2. The van der Waals surface area contributed by atoms with Crippen LogP contribution in [-0.4, -0.2) is 54.5 Å². The predicted molar refractivity (Wildman–Crippen MR) is 105 cm³/mol. The second kappa shape index (κ2) is 8.70. The molecule has 2 aliphatic heterocycles. The zero-order chi connectivity index (χ0) is 18.6. The Balaban J connectivity index is 1.16. The number of hydrogen-bond donors (Lipinski definition) is 1. The average molecular weight is 374 g/mol. The van der Waals surface area contributed by atoms with Crippen LogP contribution in [0.1, 0.15) is 44.1 Å². The van der Waals surface area contributed by atoms with Gasteiger partial charge in [-0.1, -0.05) is 25.0 Å². The lowest BCUT2D eigenvalue weighted by Gasteiger charge is -2.35. The number of fused-ring (bicyclic) bond motifs is 1. The molecular formula is C22H32FN3O. The Bertz CT molecular complexity index is 627. The van der Waals surface area contributed by atoms with Gasteiger partial charge in [-0.15, -0.1) is 0 Å². The molecule has 0 spiro atoms. The van der Waals surface area contributed by atoms with Crippen LogP contribution in [-0.2, 0) is 11.3 Å². The van der Waals surface area contributed by atoms with Crippen molar-refractivity contribution in [3.05, 3.63) is 35.6 Å². The highest BCUT2D eigenvalue weighted by Gasteiger charge is 2.42. The van der Waals surface area contributed by atoms with Crippen LogP contribution >= 0.6 is 0 Å². The Hall–Kier alpha value is -1.46. The minimum Gasteiger partial charge on any atom is -0.353 e. The molecule has 4 nitrogen and oxygen atoms in total. The number of halogens is 1. The van der Waals surface area contributed by atoms with Crippen LogP contribution < -0.4 is 5.32 Å². The third-order valence-corrected chi connectivity index (χ3v) is 6.77. The molecule has 1 aromatic rings. The lowest BCUT2D eigenvalue weighted by Crippen LogP contribution is -2.46. The van der Waals surface area contributed by atoms with Crippen molar-refractivity contribution in [2.45, 2.75) is 51.1 Å². The molecule has 2 saturated heterocycles. The van der Waals surface area contributed by atoms with E-state index in [1.165, 1.54) is 31.2 Å². The van der Waals surface area contributed by atoms with Crippen molar-refractivity contribution in [2.75, 3.05) is 32.7 Å². The summed E-state index contributed by atoms with van der Waals surface area (Å²) in [7, 11) is 0. The molecule has 1 saturated carbocycles. The molecule has 0 aromatic heterocycles. The third kappa shape index (κ3) is 4.69. The van der Waals surface area contributed by atoms with Gasteiger partial charge in [-0.3, -0.25) is 9.69 Å². The van der Waals surface area contributed by atoms with E-state index in [0.717, 1.165) is 52.1 Å². The van der Waals surface area contributed by atoms with E-state index in [-0.39, 0.29) is 11.7 Å². The van der Waals surface area contributed by atoms with Gasteiger partial charge in [-0.05, 0) is 55.8 Å². The van der Waals surface area contributed by atoms with Crippen molar-refractivity contribution in [1.82, 2.24) is 15.1 Å². The van der Waals surface area contributed by atoms with Crippen LogP contribution in [0.4, 0.5) is 4.39 Å². The summed E-state index contributed by atoms with van der Waals surface area (Å²) in [5, 5.41) is 3.24. The van der Waals surface area contributed by atoms with E-state index in [2.05, 4.69) is 15.1 Å². The Morgan fingerprint density at radius 2 is 1.70 bits per heavy atom. The maximum Gasteiger partial charge on any atom is 0.223 e. The van der Waals surface area contributed by atoms with E-state index < -0.39 is 0 Å². The van der Waals surface area contributed by atoms with Crippen molar-refractivity contribution in [2.24, 2.45) is 11.8 Å². The molecule has 148 valence electrons. The van der Waals surface area contributed by atoms with Crippen LogP contribution in [0.3, 0.4) is 0 Å². The predicted octanol–water partition coefficient (Wildman–Crippen LogP) is 3.03. The lowest BCUT2D eigenvalue weighted by molar-refractivity contribution is -0.123. The number of carbonyl (C=O) groups excluding carboxylic acids is 1. The fraction of sp³-hybridized carbons (Fsp3) is 0.682. The van der Waals surface area contributed by atoms with Crippen LogP contribution in [0.25, 0.3) is 0 Å². The maximum atomic E-state index is 13.0. The number of carbonyl (C=O) groups is 1. The summed E-state index contributed by atoms with van der Waals surface area (Å²) in [5.74, 6) is 1.00. The van der Waals surface area contributed by atoms with Gasteiger partial charge in [0.25, 0.3) is 0 Å². The summed E-state index contributed by atoms with van der Waals surface area (Å²) in [4.78, 5) is 17.3. The Labute approximate surface area is 162 Å². The molecule has 0 radical (unpaired) electrons. The Kier molecular flexibility index (Phi) is 6.08. The number of hydrogen-bond acceptors (Lipinski definition) is 3. The molecule has 3 aliphatic rings. The van der Waals surface area contributed by atoms with Crippen molar-refractivity contribution >= 4 is 5.91 Å². The molecule has 3 atom stereocenters. The quantitative estimate of drug-likeness (QED) is 0.833. The number of benzene rings is 1. The highest BCUT2D eigenvalue weighted by atomic mass is 19.1. The monoisotopic (exact) mass is 373 g/mol. The van der Waals surface area contributed by atoms with Crippen LogP contribution in [0.15, 0.2) is 24.3 Å². The zero-order valence-corrected chi connectivity index (χ0v) is 16.2. The van der Waals surface area contributed by atoms with Crippen molar-refractivity contribution in [3.63, 3.8) is 0 Å². The molecule has 1 unspecified atom stereocenters. The van der Waals surface area contributed by atoms with E-state index in [9.17, 15) is 9.18 Å². The van der Waals surface area contributed by atoms with Gasteiger partial charge in [-0.25, -0.2) is 4.39 Å². The highest BCUT2D eigenvalue weighted by molar-refractivity contribution is 5.81. The van der Waals surface area contributed by atoms with E-state index in [1.54, 1.807) is 12.1 Å². The van der Waals surface area contributed by atoms with Gasteiger partial charge < -0.3 is 10.2 Å². The smallest absolute Gasteiger partial charge is 0.223 e. The molecule has 5 heteroatoms. The Morgan fingerprint density at radius 1 is 1.00 bits per heavy atom. The van der Waals surface area contributed by atoms with Crippen molar-refractivity contribution in [1.29, 1.82) is 0 Å². The lowest BCUT2D eigenvalue weighted by atomic mass is 9.78. The summed E-state index contributed by atoms with van der Waals surface area (Å²) >= 11 is 0. The van der Waals surface area contributed by atoms with E-state index in [4.69, 9.17) is 0 Å². The van der Waals surface area contributed by atoms with Gasteiger partial charge in [-0.2, -0.15) is 0 Å². The number of nitrogens with one attached hydrogen (secondary N) is 1. The largest absolute Gasteiger partial charge is 0.353 e. The van der Waals surface area contributed by atoms with E-state index >= 15 is 0 Å². The van der Waals surface area contributed by atoms with Gasteiger partial charge in [0.2, 0.25) is 5.91 Å². The van der Waals surface area contributed by atoms with E-state index in [1.807, 2.05) is 12.1 Å². The number of piperazine rings is 1. The third-order valence-electron chi connectivity index (χ3n) is 6.77. The molecule has 1 aromatic carbocycles. The summed E-state index contributed by atoms with van der Waals surface area (Å²) in [6.45, 7) is 6.30. The first kappa shape index (κ1) is 18.9. The number of rotatable bonds is 6. The van der Waals surface area contributed by atoms with Gasteiger partial charge in [0.15, 0.2) is 0 Å². The second-order valence-corrected chi connectivity index (χ2v) is 8.56. The number of amides is 1. The Morgan fingerprint density at radius 3 is 2.48 bits per heavy atom. The minimum atomic E-state index is -0.168. The van der Waals surface area contributed by atoms with E-state index in [0.29, 0.717) is 17.9 Å². The summed E-state index contributed by atoms with van der Waals surface area (Å²) < 4.78 is 13.0. The molecule has 1 amide bonds. The molecule has 1 N–H and O–H groups in total. The average Bonchev–Trinajstić information content (AvgIpc) is 3.00. The number of nitrogens with zero attached hydrogens (tertiary/aromatic N) is 2. The fourth-order valence-electron chi connectivity index (χ4n) is 5.20. The highest BCUT2D eigenvalue weighted by Crippen LogP contribution is 2.37. The molecule has 1 aliphatic carbocycles. The van der Waals surface area contributed by atoms with Crippen LogP contribution in [0.2, 0.25) is 0 Å². The molecule has 2 heterocycles. The summed E-state index contributed by atoms with van der Waals surface area (Å²) in [6.07, 6.45) is 7.15. The first-order valence-corrected chi connectivity index (χ1v) is 10.7. The summed E-state index contributed by atoms with van der Waals surface area (Å²) in [6, 6.07) is 7.31. The zero-order valence-electron chi connectivity index (χ0n) is 16.2. The van der Waals surface area contributed by atoms with Crippen molar-refractivity contribution in [3.8, 4) is 0 Å². The maximum absolute atomic E-state index is 13.0.